The second-order valence-electron chi connectivity index (χ2n) is 3.76. The fourth-order valence-corrected chi connectivity index (χ4v) is 2.08. The van der Waals surface area contributed by atoms with Gasteiger partial charge in [0, 0.05) is 18.1 Å². The lowest BCUT2D eigenvalue weighted by molar-refractivity contribution is -0.0738. The third kappa shape index (κ3) is 3.49. The molecule has 0 atom stereocenters. The topological polar surface area (TPSA) is 41.6 Å². The number of amides is 1. The quantitative estimate of drug-likeness (QED) is 0.897. The number of nitrogens with one attached hydrogen (secondary N) is 1. The Hall–Kier alpha value is -0.970. The number of hydrogen-bond acceptors (Lipinski definition) is 3. The van der Waals surface area contributed by atoms with Crippen molar-refractivity contribution in [2.75, 3.05) is 18.4 Å². The van der Waals surface area contributed by atoms with E-state index >= 15 is 0 Å². The number of benzene rings is 1. The van der Waals surface area contributed by atoms with Crippen LogP contribution in [0.5, 0.6) is 0 Å². The van der Waals surface area contributed by atoms with Gasteiger partial charge in [0.1, 0.15) is 0 Å². The number of hydroxylamine groups is 2. The highest BCUT2D eigenvalue weighted by molar-refractivity contribution is 6.36. The minimum absolute atomic E-state index is 0.385. The number of carbonyl (C=O) groups is 1. The first-order chi connectivity index (χ1) is 8.15. The first-order valence-electron chi connectivity index (χ1n) is 5.34. The summed E-state index contributed by atoms with van der Waals surface area (Å²) in [5, 5.41) is 5.12. The summed E-state index contributed by atoms with van der Waals surface area (Å²) in [6, 6.07) is 4.85. The molecule has 0 bridgehead atoms. The molecule has 1 amide bonds. The van der Waals surface area contributed by atoms with Gasteiger partial charge in [0.05, 0.1) is 10.7 Å². The maximum absolute atomic E-state index is 11.5. The van der Waals surface area contributed by atoms with Crippen molar-refractivity contribution in [3.05, 3.63) is 28.2 Å². The van der Waals surface area contributed by atoms with E-state index in [0.717, 1.165) is 25.9 Å². The molecule has 92 valence electrons. The third-order valence-corrected chi connectivity index (χ3v) is 2.99. The Bertz CT molecular complexity index is 420. The lowest BCUT2D eigenvalue weighted by Gasteiger charge is -2.15. The van der Waals surface area contributed by atoms with E-state index in [2.05, 4.69) is 5.32 Å². The van der Waals surface area contributed by atoms with Crippen LogP contribution in [0.2, 0.25) is 10.0 Å². The van der Waals surface area contributed by atoms with Crippen LogP contribution in [-0.2, 0) is 4.84 Å². The Balaban J connectivity index is 1.93. The van der Waals surface area contributed by atoms with Gasteiger partial charge >= 0.3 is 6.09 Å². The van der Waals surface area contributed by atoms with Crippen molar-refractivity contribution in [2.45, 2.75) is 12.8 Å². The Morgan fingerprint density at radius 1 is 1.29 bits per heavy atom. The molecule has 1 aromatic rings. The smallest absolute Gasteiger partial charge is 0.351 e. The predicted molar refractivity (Wildman–Crippen MR) is 67.4 cm³/mol. The minimum Gasteiger partial charge on any atom is -0.351 e. The standard InChI is InChI=1S/C11H12Cl2N2O2/c12-8-3-4-10(9(13)7-8)14-11(16)17-15-5-1-2-6-15/h3-4,7H,1-2,5-6H2,(H,14,16). The Morgan fingerprint density at radius 2 is 2.00 bits per heavy atom. The van der Waals surface area contributed by atoms with E-state index in [1.54, 1.807) is 23.3 Å². The molecule has 6 heteroatoms. The van der Waals surface area contributed by atoms with Gasteiger partial charge in [-0.1, -0.05) is 23.2 Å². The van der Waals surface area contributed by atoms with Gasteiger partial charge in [-0.15, -0.1) is 5.06 Å². The van der Waals surface area contributed by atoms with Crippen LogP contribution in [0.4, 0.5) is 10.5 Å². The van der Waals surface area contributed by atoms with Crippen LogP contribution < -0.4 is 5.32 Å². The Morgan fingerprint density at radius 3 is 2.65 bits per heavy atom. The van der Waals surface area contributed by atoms with Gasteiger partial charge < -0.3 is 4.84 Å². The maximum Gasteiger partial charge on any atom is 0.430 e. The number of nitrogens with zero attached hydrogens (tertiary/aromatic N) is 1. The Labute approximate surface area is 109 Å². The normalized spacial score (nSPS) is 15.9. The second kappa shape index (κ2) is 5.58. The summed E-state index contributed by atoms with van der Waals surface area (Å²) in [6.07, 6.45) is 1.57. The minimum atomic E-state index is -0.531. The maximum atomic E-state index is 11.5. The van der Waals surface area contributed by atoms with Crippen LogP contribution >= 0.6 is 23.2 Å². The van der Waals surface area contributed by atoms with Gasteiger partial charge in [-0.25, -0.2) is 4.79 Å². The molecule has 1 heterocycles. The van der Waals surface area contributed by atoms with Crippen LogP contribution in [0.1, 0.15) is 12.8 Å². The number of halogens is 2. The van der Waals surface area contributed by atoms with Gasteiger partial charge in [0.15, 0.2) is 0 Å². The van der Waals surface area contributed by atoms with Crippen LogP contribution in [0.25, 0.3) is 0 Å². The lowest BCUT2D eigenvalue weighted by atomic mass is 10.3. The van der Waals surface area contributed by atoms with Gasteiger partial charge in [0.2, 0.25) is 0 Å². The first-order valence-corrected chi connectivity index (χ1v) is 6.10. The third-order valence-electron chi connectivity index (χ3n) is 2.44. The summed E-state index contributed by atoms with van der Waals surface area (Å²) in [5.41, 5.74) is 0.486. The van der Waals surface area contributed by atoms with E-state index in [4.69, 9.17) is 28.0 Å². The molecule has 1 aliphatic heterocycles. The number of rotatable bonds is 2. The molecular formula is C11H12Cl2N2O2. The first kappa shape index (κ1) is 12.5. The van der Waals surface area contributed by atoms with Crippen LogP contribution in [0, 0.1) is 0 Å². The molecule has 0 aromatic heterocycles. The SMILES string of the molecule is O=C(Nc1ccc(Cl)cc1Cl)ON1CCCC1. The highest BCUT2D eigenvalue weighted by atomic mass is 35.5. The molecule has 1 saturated heterocycles. The van der Waals surface area contributed by atoms with Crippen LogP contribution in [-0.4, -0.2) is 24.2 Å². The van der Waals surface area contributed by atoms with Crippen molar-refractivity contribution in [3.8, 4) is 0 Å². The molecule has 1 aliphatic rings. The Kier molecular flexibility index (Phi) is 4.10. The van der Waals surface area contributed by atoms with Crippen molar-refractivity contribution in [1.82, 2.24) is 5.06 Å². The average molecular weight is 275 g/mol. The van der Waals surface area contributed by atoms with E-state index in [1.165, 1.54) is 0 Å². The molecule has 0 unspecified atom stereocenters. The molecular weight excluding hydrogens is 263 g/mol. The molecule has 1 fully saturated rings. The number of anilines is 1. The van der Waals surface area contributed by atoms with Crippen molar-refractivity contribution in [2.24, 2.45) is 0 Å². The summed E-state index contributed by atoms with van der Waals surface area (Å²) in [4.78, 5) is 16.6. The zero-order valence-electron chi connectivity index (χ0n) is 9.08. The van der Waals surface area contributed by atoms with Crippen LogP contribution in [0.3, 0.4) is 0 Å². The fraction of sp³-hybridized carbons (Fsp3) is 0.364. The van der Waals surface area contributed by atoms with Gasteiger partial charge in [0.25, 0.3) is 0 Å². The largest absolute Gasteiger partial charge is 0.430 e. The average Bonchev–Trinajstić information content (AvgIpc) is 2.75. The van der Waals surface area contributed by atoms with E-state index < -0.39 is 6.09 Å². The molecule has 0 radical (unpaired) electrons. The van der Waals surface area contributed by atoms with Crippen molar-refractivity contribution in [3.63, 3.8) is 0 Å². The molecule has 0 spiro atoms. The van der Waals surface area contributed by atoms with E-state index in [0.29, 0.717) is 15.7 Å². The number of hydrogen-bond donors (Lipinski definition) is 1. The summed E-state index contributed by atoms with van der Waals surface area (Å²) in [5.74, 6) is 0. The van der Waals surface area contributed by atoms with Crippen LogP contribution in [0.15, 0.2) is 18.2 Å². The lowest BCUT2D eigenvalue weighted by Crippen LogP contribution is -2.27. The summed E-state index contributed by atoms with van der Waals surface area (Å²) >= 11 is 11.7. The monoisotopic (exact) mass is 274 g/mol. The molecule has 2 rings (SSSR count). The number of carbonyl (C=O) groups excluding carboxylic acids is 1. The molecule has 0 saturated carbocycles. The fourth-order valence-electron chi connectivity index (χ4n) is 1.62. The van der Waals surface area contributed by atoms with Gasteiger partial charge in [-0.2, -0.15) is 0 Å². The molecule has 4 nitrogen and oxygen atoms in total. The van der Waals surface area contributed by atoms with E-state index in [-0.39, 0.29) is 0 Å². The van der Waals surface area contributed by atoms with E-state index in [9.17, 15) is 4.79 Å². The van der Waals surface area contributed by atoms with E-state index in [1.807, 2.05) is 0 Å². The summed E-state index contributed by atoms with van der Waals surface area (Å²) < 4.78 is 0. The molecule has 1 aromatic carbocycles. The summed E-state index contributed by atoms with van der Waals surface area (Å²) in [7, 11) is 0. The van der Waals surface area contributed by atoms with Gasteiger partial charge in [-0.3, -0.25) is 5.32 Å². The molecule has 0 aliphatic carbocycles. The predicted octanol–water partition coefficient (Wildman–Crippen LogP) is 3.55. The highest BCUT2D eigenvalue weighted by Crippen LogP contribution is 2.25. The zero-order valence-corrected chi connectivity index (χ0v) is 10.6. The molecule has 1 N–H and O–H groups in total. The highest BCUT2D eigenvalue weighted by Gasteiger charge is 2.16. The zero-order chi connectivity index (χ0) is 12.3. The van der Waals surface area contributed by atoms with Crippen molar-refractivity contribution >= 4 is 35.0 Å². The second-order valence-corrected chi connectivity index (χ2v) is 4.61. The van der Waals surface area contributed by atoms with Crippen molar-refractivity contribution in [1.29, 1.82) is 0 Å². The van der Waals surface area contributed by atoms with Gasteiger partial charge in [-0.05, 0) is 31.0 Å². The van der Waals surface area contributed by atoms with Crippen molar-refractivity contribution < 1.29 is 9.63 Å². The molecule has 17 heavy (non-hydrogen) atoms. The summed E-state index contributed by atoms with van der Waals surface area (Å²) in [6.45, 7) is 1.56.